The van der Waals surface area contributed by atoms with Crippen LogP contribution in [0.4, 0.5) is 4.39 Å². The standard InChI is InChI=1S/C12H13ClFN3O/c1-8(2)17-6-10(5-15-17)18-7-9-3-4-11(13)16-12(9)14/h3-6,8H,7H2,1-2H3. The Kier molecular flexibility index (Phi) is 3.81. The van der Waals surface area contributed by atoms with Crippen LogP contribution in [0.25, 0.3) is 0 Å². The van der Waals surface area contributed by atoms with Gasteiger partial charge in [0.2, 0.25) is 5.95 Å². The van der Waals surface area contributed by atoms with Crippen molar-refractivity contribution in [3.63, 3.8) is 0 Å². The molecule has 96 valence electrons. The maximum absolute atomic E-state index is 13.4. The van der Waals surface area contributed by atoms with Gasteiger partial charge in [-0.2, -0.15) is 9.49 Å². The first-order valence-corrected chi connectivity index (χ1v) is 5.92. The number of hydrogen-bond donors (Lipinski definition) is 0. The van der Waals surface area contributed by atoms with Gasteiger partial charge in [0, 0.05) is 11.6 Å². The summed E-state index contributed by atoms with van der Waals surface area (Å²) in [5.74, 6) is -0.0169. The predicted octanol–water partition coefficient (Wildman–Crippen LogP) is 3.23. The average Bonchev–Trinajstić information content (AvgIpc) is 2.76. The van der Waals surface area contributed by atoms with Crippen molar-refractivity contribution in [2.24, 2.45) is 0 Å². The molecule has 2 rings (SSSR count). The van der Waals surface area contributed by atoms with Gasteiger partial charge in [0.15, 0.2) is 5.75 Å². The summed E-state index contributed by atoms with van der Waals surface area (Å²) in [5, 5.41) is 4.25. The molecule has 0 bridgehead atoms. The van der Waals surface area contributed by atoms with Crippen LogP contribution in [0.2, 0.25) is 5.15 Å². The van der Waals surface area contributed by atoms with Crippen LogP contribution in [-0.2, 0) is 6.61 Å². The molecule has 0 aliphatic carbocycles. The molecule has 4 nitrogen and oxygen atoms in total. The molecule has 0 unspecified atom stereocenters. The second-order valence-corrected chi connectivity index (χ2v) is 4.51. The lowest BCUT2D eigenvalue weighted by molar-refractivity contribution is 0.297. The first-order valence-electron chi connectivity index (χ1n) is 5.54. The van der Waals surface area contributed by atoms with Gasteiger partial charge in [-0.3, -0.25) is 4.68 Å². The average molecular weight is 270 g/mol. The molecule has 0 aliphatic rings. The fourth-order valence-electron chi connectivity index (χ4n) is 1.39. The number of ether oxygens (including phenoxy) is 1. The van der Waals surface area contributed by atoms with Crippen LogP contribution in [0, 0.1) is 5.95 Å². The lowest BCUT2D eigenvalue weighted by Gasteiger charge is -2.05. The summed E-state index contributed by atoms with van der Waals surface area (Å²) >= 11 is 5.57. The molecule has 0 amide bonds. The van der Waals surface area contributed by atoms with Crippen LogP contribution in [0.3, 0.4) is 0 Å². The van der Waals surface area contributed by atoms with E-state index in [4.69, 9.17) is 16.3 Å². The van der Waals surface area contributed by atoms with Crippen LogP contribution in [0.5, 0.6) is 5.75 Å². The van der Waals surface area contributed by atoms with E-state index in [1.165, 1.54) is 6.07 Å². The van der Waals surface area contributed by atoms with Crippen LogP contribution >= 0.6 is 11.6 Å². The SMILES string of the molecule is CC(C)n1cc(OCc2ccc(Cl)nc2F)cn1. The number of hydrogen-bond acceptors (Lipinski definition) is 3. The Balaban J connectivity index is 2.02. The zero-order valence-electron chi connectivity index (χ0n) is 10.1. The van der Waals surface area contributed by atoms with Gasteiger partial charge in [-0.05, 0) is 26.0 Å². The molecular formula is C12H13ClFN3O. The van der Waals surface area contributed by atoms with Gasteiger partial charge in [0.1, 0.15) is 11.8 Å². The summed E-state index contributed by atoms with van der Waals surface area (Å²) in [5.41, 5.74) is 0.358. The Labute approximate surface area is 109 Å². The van der Waals surface area contributed by atoms with Crippen molar-refractivity contribution in [2.75, 3.05) is 0 Å². The third kappa shape index (κ3) is 2.98. The van der Waals surface area contributed by atoms with E-state index in [1.54, 1.807) is 23.1 Å². The normalized spacial score (nSPS) is 10.9. The number of nitrogens with zero attached hydrogens (tertiary/aromatic N) is 3. The molecule has 0 radical (unpaired) electrons. The monoisotopic (exact) mass is 269 g/mol. The Bertz CT molecular complexity index is 542. The minimum absolute atomic E-state index is 0.0970. The third-order valence-corrected chi connectivity index (χ3v) is 2.60. The molecule has 0 atom stereocenters. The van der Waals surface area contributed by atoms with Gasteiger partial charge >= 0.3 is 0 Å². The molecule has 0 saturated heterocycles. The lowest BCUT2D eigenvalue weighted by atomic mass is 10.3. The van der Waals surface area contributed by atoms with Crippen LogP contribution < -0.4 is 4.74 Å². The first-order chi connectivity index (χ1) is 8.56. The molecule has 18 heavy (non-hydrogen) atoms. The Morgan fingerprint density at radius 2 is 2.22 bits per heavy atom. The molecule has 0 N–H and O–H groups in total. The highest BCUT2D eigenvalue weighted by molar-refractivity contribution is 6.29. The first kappa shape index (κ1) is 12.8. The van der Waals surface area contributed by atoms with E-state index in [0.29, 0.717) is 11.3 Å². The zero-order valence-corrected chi connectivity index (χ0v) is 10.9. The van der Waals surface area contributed by atoms with Gasteiger partial charge in [-0.25, -0.2) is 4.98 Å². The number of halogens is 2. The van der Waals surface area contributed by atoms with Gasteiger partial charge in [0.25, 0.3) is 0 Å². The van der Waals surface area contributed by atoms with Crippen molar-refractivity contribution >= 4 is 11.6 Å². The highest BCUT2D eigenvalue weighted by Crippen LogP contribution is 2.16. The summed E-state index contributed by atoms with van der Waals surface area (Å²) < 4.78 is 20.6. The predicted molar refractivity (Wildman–Crippen MR) is 66.1 cm³/mol. The molecule has 2 aromatic rings. The number of pyridine rings is 1. The minimum atomic E-state index is -0.612. The second-order valence-electron chi connectivity index (χ2n) is 4.12. The van der Waals surface area contributed by atoms with Gasteiger partial charge in [-0.1, -0.05) is 11.6 Å². The fraction of sp³-hybridized carbons (Fsp3) is 0.333. The maximum atomic E-state index is 13.4. The summed E-state index contributed by atoms with van der Waals surface area (Å²) in [6.45, 7) is 4.12. The van der Waals surface area contributed by atoms with Gasteiger partial charge in [0.05, 0.1) is 12.4 Å². The molecule has 0 saturated carbocycles. The maximum Gasteiger partial charge on any atom is 0.220 e. The molecule has 6 heteroatoms. The van der Waals surface area contributed by atoms with Crippen LogP contribution in [0.15, 0.2) is 24.5 Å². The fourth-order valence-corrected chi connectivity index (χ4v) is 1.52. The summed E-state index contributed by atoms with van der Waals surface area (Å²) in [6, 6.07) is 3.34. The summed E-state index contributed by atoms with van der Waals surface area (Å²) in [6.07, 6.45) is 3.37. The highest BCUT2D eigenvalue weighted by Gasteiger charge is 2.07. The Hall–Kier alpha value is -1.62. The molecule has 2 aromatic heterocycles. The van der Waals surface area contributed by atoms with E-state index in [-0.39, 0.29) is 17.8 Å². The molecule has 0 aliphatic heterocycles. The van der Waals surface area contributed by atoms with E-state index in [9.17, 15) is 4.39 Å². The van der Waals surface area contributed by atoms with E-state index in [1.807, 2.05) is 13.8 Å². The van der Waals surface area contributed by atoms with E-state index < -0.39 is 5.95 Å². The van der Waals surface area contributed by atoms with Crippen molar-refractivity contribution in [2.45, 2.75) is 26.5 Å². The van der Waals surface area contributed by atoms with Gasteiger partial charge < -0.3 is 4.74 Å². The largest absolute Gasteiger partial charge is 0.485 e. The smallest absolute Gasteiger partial charge is 0.220 e. The van der Waals surface area contributed by atoms with Crippen molar-refractivity contribution in [3.05, 3.63) is 41.2 Å². The van der Waals surface area contributed by atoms with Crippen molar-refractivity contribution in [1.82, 2.24) is 14.8 Å². The van der Waals surface area contributed by atoms with Crippen LogP contribution in [-0.4, -0.2) is 14.8 Å². The Morgan fingerprint density at radius 3 is 2.83 bits per heavy atom. The number of aromatic nitrogens is 3. The number of rotatable bonds is 4. The molecule has 0 fully saturated rings. The lowest BCUT2D eigenvalue weighted by Crippen LogP contribution is -2.01. The van der Waals surface area contributed by atoms with Crippen molar-refractivity contribution in [1.29, 1.82) is 0 Å². The van der Waals surface area contributed by atoms with Gasteiger partial charge in [-0.15, -0.1) is 0 Å². The minimum Gasteiger partial charge on any atom is -0.485 e. The Morgan fingerprint density at radius 1 is 1.44 bits per heavy atom. The molecule has 0 aromatic carbocycles. The second kappa shape index (κ2) is 5.35. The highest BCUT2D eigenvalue weighted by atomic mass is 35.5. The zero-order chi connectivity index (χ0) is 13.1. The van der Waals surface area contributed by atoms with E-state index in [0.717, 1.165) is 0 Å². The van der Waals surface area contributed by atoms with E-state index >= 15 is 0 Å². The quantitative estimate of drug-likeness (QED) is 0.800. The van der Waals surface area contributed by atoms with E-state index in [2.05, 4.69) is 10.1 Å². The van der Waals surface area contributed by atoms with Crippen molar-refractivity contribution < 1.29 is 9.13 Å². The molecular weight excluding hydrogens is 257 g/mol. The molecule has 2 heterocycles. The third-order valence-electron chi connectivity index (χ3n) is 2.39. The van der Waals surface area contributed by atoms with Crippen LogP contribution in [0.1, 0.15) is 25.5 Å². The topological polar surface area (TPSA) is 39.9 Å². The molecule has 0 spiro atoms. The van der Waals surface area contributed by atoms with Crippen molar-refractivity contribution in [3.8, 4) is 5.75 Å². The summed E-state index contributed by atoms with van der Waals surface area (Å²) in [4.78, 5) is 3.52. The summed E-state index contributed by atoms with van der Waals surface area (Å²) in [7, 11) is 0.